The molecule has 2 aliphatic heterocycles. The van der Waals surface area contributed by atoms with E-state index in [1.807, 2.05) is 24.1 Å². The van der Waals surface area contributed by atoms with Crippen LogP contribution in [0, 0.1) is 13.8 Å². The molecule has 0 radical (unpaired) electrons. The van der Waals surface area contributed by atoms with Crippen molar-refractivity contribution in [3.63, 3.8) is 0 Å². The van der Waals surface area contributed by atoms with E-state index in [1.165, 1.54) is 17.4 Å². The zero-order valence-corrected chi connectivity index (χ0v) is 17.4. The van der Waals surface area contributed by atoms with Crippen molar-refractivity contribution in [3.8, 4) is 0 Å². The first-order valence-corrected chi connectivity index (χ1v) is 10.6. The van der Waals surface area contributed by atoms with Crippen molar-refractivity contribution in [2.24, 2.45) is 0 Å². The van der Waals surface area contributed by atoms with Crippen molar-refractivity contribution < 1.29 is 14.1 Å². The van der Waals surface area contributed by atoms with Crippen LogP contribution in [0.2, 0.25) is 0 Å². The van der Waals surface area contributed by atoms with Crippen molar-refractivity contribution in [1.82, 2.24) is 20.3 Å². The van der Waals surface area contributed by atoms with E-state index in [1.54, 1.807) is 11.3 Å². The molecule has 4 rings (SSSR count). The Hall–Kier alpha value is -2.19. The first-order valence-electron chi connectivity index (χ1n) is 9.72. The Bertz CT molecular complexity index is 884. The summed E-state index contributed by atoms with van der Waals surface area (Å²) in [6, 6.07) is 0.0708. The van der Waals surface area contributed by atoms with E-state index in [2.05, 4.69) is 15.4 Å². The second kappa shape index (κ2) is 7.67. The predicted molar refractivity (Wildman–Crippen MR) is 106 cm³/mol. The average molecular weight is 403 g/mol. The molecule has 2 amide bonds. The molecule has 2 aliphatic rings. The molecule has 0 aromatic carbocycles. The van der Waals surface area contributed by atoms with Gasteiger partial charge < -0.3 is 14.7 Å². The monoisotopic (exact) mass is 402 g/mol. The summed E-state index contributed by atoms with van der Waals surface area (Å²) in [5.41, 5.74) is 4.17. The molecule has 2 aromatic rings. The highest BCUT2D eigenvalue weighted by molar-refractivity contribution is 7.10. The molecule has 0 spiro atoms. The summed E-state index contributed by atoms with van der Waals surface area (Å²) in [7, 11) is 0. The van der Waals surface area contributed by atoms with Crippen molar-refractivity contribution >= 4 is 23.2 Å². The Labute approximate surface area is 168 Å². The molecular weight excluding hydrogens is 376 g/mol. The van der Waals surface area contributed by atoms with Crippen LogP contribution in [0.15, 0.2) is 9.90 Å². The van der Waals surface area contributed by atoms with Crippen LogP contribution in [-0.2, 0) is 24.3 Å². The van der Waals surface area contributed by atoms with Gasteiger partial charge in [0.25, 0.3) is 5.91 Å². The highest BCUT2D eigenvalue weighted by Gasteiger charge is 2.31. The smallest absolute Gasteiger partial charge is 0.255 e. The number of hydrogen-bond acceptors (Lipinski definition) is 6. The number of aromatic nitrogens is 1. The van der Waals surface area contributed by atoms with E-state index >= 15 is 0 Å². The first-order chi connectivity index (χ1) is 13.4. The predicted octanol–water partition coefficient (Wildman–Crippen LogP) is 2.26. The summed E-state index contributed by atoms with van der Waals surface area (Å²) in [4.78, 5) is 29.8. The Kier molecular flexibility index (Phi) is 5.25. The lowest BCUT2D eigenvalue weighted by Crippen LogP contribution is -2.37. The van der Waals surface area contributed by atoms with Crippen molar-refractivity contribution in [2.45, 2.75) is 52.7 Å². The van der Waals surface area contributed by atoms with Crippen molar-refractivity contribution in [3.05, 3.63) is 38.4 Å². The second-order valence-corrected chi connectivity index (χ2v) is 8.72. The molecule has 28 heavy (non-hydrogen) atoms. The van der Waals surface area contributed by atoms with Crippen LogP contribution in [0.25, 0.3) is 0 Å². The van der Waals surface area contributed by atoms with Gasteiger partial charge in [-0.1, -0.05) is 5.16 Å². The topological polar surface area (TPSA) is 78.7 Å². The molecule has 4 heterocycles. The molecule has 1 atom stereocenters. The lowest BCUT2D eigenvalue weighted by molar-refractivity contribution is -0.119. The van der Waals surface area contributed by atoms with E-state index in [-0.39, 0.29) is 17.9 Å². The quantitative estimate of drug-likeness (QED) is 0.849. The summed E-state index contributed by atoms with van der Waals surface area (Å²) in [5.74, 6) is 0.947. The number of amides is 2. The van der Waals surface area contributed by atoms with Gasteiger partial charge in [-0.25, -0.2) is 0 Å². The van der Waals surface area contributed by atoms with Crippen molar-refractivity contribution in [2.75, 3.05) is 19.6 Å². The Morgan fingerprint density at radius 3 is 2.89 bits per heavy atom. The van der Waals surface area contributed by atoms with E-state index in [4.69, 9.17) is 4.52 Å². The van der Waals surface area contributed by atoms with E-state index in [0.717, 1.165) is 55.1 Å². The van der Waals surface area contributed by atoms with Crippen LogP contribution in [0.5, 0.6) is 0 Å². The third kappa shape index (κ3) is 3.71. The van der Waals surface area contributed by atoms with Gasteiger partial charge in [-0.15, -0.1) is 11.3 Å². The lowest BCUT2D eigenvalue weighted by Gasteiger charge is -2.27. The lowest BCUT2D eigenvalue weighted by atomic mass is 10.0. The minimum Gasteiger partial charge on any atom is -0.361 e. The number of nitrogens with one attached hydrogen (secondary N) is 1. The minimum absolute atomic E-state index is 0.0365. The SMILES string of the molecule is CC(=O)N[C@@H]1CCN(C(=O)c2csc3c2CCN(Cc2c(C)noc2C)C3)C1. The number of rotatable bonds is 4. The maximum atomic E-state index is 13.0. The van der Waals surface area contributed by atoms with Crippen LogP contribution in [0.3, 0.4) is 0 Å². The van der Waals surface area contributed by atoms with Gasteiger partial charge in [0.1, 0.15) is 5.76 Å². The van der Waals surface area contributed by atoms with Gasteiger partial charge in [0, 0.05) is 61.5 Å². The fourth-order valence-electron chi connectivity index (χ4n) is 4.17. The van der Waals surface area contributed by atoms with Gasteiger partial charge in [-0.2, -0.15) is 0 Å². The zero-order chi connectivity index (χ0) is 19.8. The fourth-order valence-corrected chi connectivity index (χ4v) is 5.28. The number of aryl methyl sites for hydroxylation is 2. The molecule has 1 saturated heterocycles. The van der Waals surface area contributed by atoms with Gasteiger partial charge in [0.05, 0.1) is 11.3 Å². The van der Waals surface area contributed by atoms with E-state index < -0.39 is 0 Å². The van der Waals surface area contributed by atoms with Crippen molar-refractivity contribution in [1.29, 1.82) is 0 Å². The summed E-state index contributed by atoms with van der Waals surface area (Å²) in [6.45, 7) is 9.35. The van der Waals surface area contributed by atoms with E-state index in [0.29, 0.717) is 13.1 Å². The molecular formula is C20H26N4O3S. The number of thiophene rings is 1. The third-order valence-corrected chi connectivity index (χ3v) is 6.72. The normalized spacial score (nSPS) is 19.7. The molecule has 0 bridgehead atoms. The molecule has 8 heteroatoms. The number of carbonyl (C=O) groups is 2. The van der Waals surface area contributed by atoms with Gasteiger partial charge in [0.2, 0.25) is 5.91 Å². The number of likely N-dealkylation sites (tertiary alicyclic amines) is 1. The van der Waals surface area contributed by atoms with Crippen LogP contribution in [0.4, 0.5) is 0 Å². The Morgan fingerprint density at radius 1 is 1.36 bits per heavy atom. The van der Waals surface area contributed by atoms with Gasteiger partial charge in [-0.05, 0) is 32.3 Å². The summed E-state index contributed by atoms with van der Waals surface area (Å²) in [5, 5.41) is 8.98. The molecule has 1 fully saturated rings. The molecule has 1 N–H and O–H groups in total. The number of nitrogens with zero attached hydrogens (tertiary/aromatic N) is 3. The molecule has 7 nitrogen and oxygen atoms in total. The fraction of sp³-hybridized carbons (Fsp3) is 0.550. The summed E-state index contributed by atoms with van der Waals surface area (Å²) >= 11 is 1.68. The molecule has 150 valence electrons. The Balaban J connectivity index is 1.43. The average Bonchev–Trinajstić information content (AvgIpc) is 3.36. The standard InChI is InChI=1S/C20H26N4O3S/c1-12-17(13(2)27-22-12)9-23-6-5-16-18(11-28-19(16)10-23)20(26)24-7-4-15(8-24)21-14(3)25/h11,15H,4-10H2,1-3H3,(H,21,25)/t15-/m1/s1. The zero-order valence-electron chi connectivity index (χ0n) is 16.6. The summed E-state index contributed by atoms with van der Waals surface area (Å²) < 4.78 is 5.28. The maximum Gasteiger partial charge on any atom is 0.255 e. The molecule has 2 aromatic heterocycles. The minimum atomic E-state index is -0.0365. The Morgan fingerprint density at radius 2 is 2.18 bits per heavy atom. The second-order valence-electron chi connectivity index (χ2n) is 7.75. The maximum absolute atomic E-state index is 13.0. The molecule has 0 unspecified atom stereocenters. The van der Waals surface area contributed by atoms with E-state index in [9.17, 15) is 9.59 Å². The van der Waals surface area contributed by atoms with Gasteiger partial charge >= 0.3 is 0 Å². The first kappa shape index (κ1) is 19.1. The summed E-state index contributed by atoms with van der Waals surface area (Å²) in [6.07, 6.45) is 1.70. The highest BCUT2D eigenvalue weighted by atomic mass is 32.1. The highest BCUT2D eigenvalue weighted by Crippen LogP contribution is 2.31. The number of fused-ring (bicyclic) bond motifs is 1. The molecule has 0 aliphatic carbocycles. The number of hydrogen-bond donors (Lipinski definition) is 1. The third-order valence-electron chi connectivity index (χ3n) is 5.70. The van der Waals surface area contributed by atoms with Crippen LogP contribution < -0.4 is 5.32 Å². The molecule has 0 saturated carbocycles. The van der Waals surface area contributed by atoms with Gasteiger partial charge in [0.15, 0.2) is 0 Å². The van der Waals surface area contributed by atoms with Crippen LogP contribution in [-0.4, -0.2) is 52.4 Å². The largest absolute Gasteiger partial charge is 0.361 e. The van der Waals surface area contributed by atoms with Gasteiger partial charge in [-0.3, -0.25) is 14.5 Å². The number of carbonyl (C=O) groups excluding carboxylic acids is 2. The van der Waals surface area contributed by atoms with Crippen LogP contribution >= 0.6 is 11.3 Å². The van der Waals surface area contributed by atoms with Crippen LogP contribution in [0.1, 0.15) is 51.2 Å².